The lowest BCUT2D eigenvalue weighted by Gasteiger charge is -2.30. The van der Waals surface area contributed by atoms with Gasteiger partial charge in [0, 0.05) is 19.6 Å². The highest BCUT2D eigenvalue weighted by Crippen LogP contribution is 2.27. The maximum absolute atomic E-state index is 12.3. The van der Waals surface area contributed by atoms with Crippen LogP contribution in [0, 0.1) is 0 Å². The number of hydrogen-bond donors (Lipinski definition) is 2. The van der Waals surface area contributed by atoms with Crippen LogP contribution in [0.5, 0.6) is 0 Å². The Morgan fingerprint density at radius 2 is 1.96 bits per heavy atom. The molecular weight excluding hydrogens is 316 g/mol. The molecule has 1 aromatic carbocycles. The summed E-state index contributed by atoms with van der Waals surface area (Å²) in [5.74, 6) is -1.10. The van der Waals surface area contributed by atoms with Crippen LogP contribution in [0.4, 0.5) is 5.69 Å². The quantitative estimate of drug-likeness (QED) is 0.745. The van der Waals surface area contributed by atoms with Crippen molar-refractivity contribution in [2.75, 3.05) is 24.5 Å². The summed E-state index contributed by atoms with van der Waals surface area (Å²) in [7, 11) is -3.67. The summed E-state index contributed by atoms with van der Waals surface area (Å²) in [4.78, 5) is 13.6. The predicted molar refractivity (Wildman–Crippen MR) is 89.6 cm³/mol. The minimum absolute atomic E-state index is 0.00626. The molecule has 0 saturated carbocycles. The van der Waals surface area contributed by atoms with Gasteiger partial charge in [-0.15, -0.1) is 0 Å². The molecule has 1 heterocycles. The molecule has 2 N–H and O–H groups in total. The number of benzene rings is 1. The first-order chi connectivity index (χ1) is 11.0. The zero-order valence-corrected chi connectivity index (χ0v) is 14.2. The van der Waals surface area contributed by atoms with Gasteiger partial charge in [0.1, 0.15) is 0 Å². The first kappa shape index (κ1) is 17.7. The highest BCUT2D eigenvalue weighted by molar-refractivity contribution is 7.89. The fraction of sp³-hybridized carbons (Fsp3) is 0.562. The molecule has 0 radical (unpaired) electrons. The number of unbranched alkanes of at least 4 members (excludes halogenated alkanes) is 1. The Labute approximate surface area is 137 Å². The Balaban J connectivity index is 2.30. The van der Waals surface area contributed by atoms with Gasteiger partial charge < -0.3 is 10.0 Å². The van der Waals surface area contributed by atoms with Crippen molar-refractivity contribution in [1.82, 2.24) is 4.72 Å². The Kier molecular flexibility index (Phi) is 6.01. The predicted octanol–water partition coefficient (Wildman–Crippen LogP) is 2.45. The Morgan fingerprint density at radius 3 is 2.57 bits per heavy atom. The van der Waals surface area contributed by atoms with Crippen LogP contribution in [0.3, 0.4) is 0 Å². The van der Waals surface area contributed by atoms with E-state index in [0.29, 0.717) is 12.2 Å². The van der Waals surface area contributed by atoms with Gasteiger partial charge in [-0.25, -0.2) is 17.9 Å². The molecule has 1 fully saturated rings. The summed E-state index contributed by atoms with van der Waals surface area (Å²) in [5.41, 5.74) is 0.648. The van der Waals surface area contributed by atoms with Gasteiger partial charge >= 0.3 is 5.97 Å². The highest BCUT2D eigenvalue weighted by atomic mass is 32.2. The third kappa shape index (κ3) is 4.45. The van der Waals surface area contributed by atoms with Crippen molar-refractivity contribution >= 4 is 21.7 Å². The standard InChI is InChI=1S/C16H24N2O4S/c1-2-3-9-17-23(21,22)13-7-8-15(14(12-13)16(19)20)18-10-5-4-6-11-18/h7-8,12,17H,2-6,9-11H2,1H3,(H,19,20). The molecule has 6 nitrogen and oxygen atoms in total. The molecule has 0 spiro atoms. The van der Waals surface area contributed by atoms with Gasteiger partial charge in [0.25, 0.3) is 0 Å². The second-order valence-electron chi connectivity index (χ2n) is 5.78. The number of sulfonamides is 1. The maximum atomic E-state index is 12.3. The molecule has 7 heteroatoms. The number of rotatable bonds is 7. The highest BCUT2D eigenvalue weighted by Gasteiger charge is 2.22. The van der Waals surface area contributed by atoms with Gasteiger partial charge in [0.05, 0.1) is 16.1 Å². The van der Waals surface area contributed by atoms with E-state index < -0.39 is 16.0 Å². The molecule has 0 unspecified atom stereocenters. The van der Waals surface area contributed by atoms with Crippen LogP contribution in [0.2, 0.25) is 0 Å². The lowest BCUT2D eigenvalue weighted by molar-refractivity contribution is 0.0697. The molecule has 1 aromatic rings. The minimum atomic E-state index is -3.67. The average molecular weight is 340 g/mol. The van der Waals surface area contributed by atoms with Crippen molar-refractivity contribution in [1.29, 1.82) is 0 Å². The molecule has 0 bridgehead atoms. The van der Waals surface area contributed by atoms with Gasteiger partial charge in [-0.05, 0) is 43.9 Å². The molecule has 0 aromatic heterocycles. The number of carbonyl (C=O) groups is 1. The first-order valence-corrected chi connectivity index (χ1v) is 9.56. The molecule has 2 rings (SSSR count). The van der Waals surface area contributed by atoms with Crippen LogP contribution in [-0.4, -0.2) is 39.1 Å². The monoisotopic (exact) mass is 340 g/mol. The maximum Gasteiger partial charge on any atom is 0.337 e. The summed E-state index contributed by atoms with van der Waals surface area (Å²) in [6.45, 7) is 3.95. The fourth-order valence-electron chi connectivity index (χ4n) is 2.73. The first-order valence-electron chi connectivity index (χ1n) is 8.07. The minimum Gasteiger partial charge on any atom is -0.478 e. The van der Waals surface area contributed by atoms with Gasteiger partial charge in [-0.3, -0.25) is 0 Å². The van der Waals surface area contributed by atoms with Crippen molar-refractivity contribution in [3.8, 4) is 0 Å². The molecule has 1 aliphatic heterocycles. The number of carboxylic acids is 1. The Bertz CT molecular complexity index is 652. The van der Waals surface area contributed by atoms with Crippen molar-refractivity contribution in [2.45, 2.75) is 43.9 Å². The summed E-state index contributed by atoms with van der Waals surface area (Å²) in [6, 6.07) is 4.37. The second kappa shape index (κ2) is 7.79. The Morgan fingerprint density at radius 1 is 1.26 bits per heavy atom. The van der Waals surface area contributed by atoms with Crippen LogP contribution >= 0.6 is 0 Å². The van der Waals surface area contributed by atoms with Gasteiger partial charge in [-0.1, -0.05) is 13.3 Å². The number of anilines is 1. The molecular formula is C16H24N2O4S. The SMILES string of the molecule is CCCCNS(=O)(=O)c1ccc(N2CCCCC2)c(C(=O)O)c1. The zero-order valence-electron chi connectivity index (χ0n) is 13.4. The third-order valence-electron chi connectivity index (χ3n) is 4.03. The van der Waals surface area contributed by atoms with Crippen molar-refractivity contribution in [2.24, 2.45) is 0 Å². The zero-order chi connectivity index (χ0) is 16.9. The van der Waals surface area contributed by atoms with Gasteiger partial charge in [0.15, 0.2) is 0 Å². The normalized spacial score (nSPS) is 15.6. The fourth-order valence-corrected chi connectivity index (χ4v) is 3.83. The number of aromatic carboxylic acids is 1. The molecule has 1 aliphatic rings. The Hall–Kier alpha value is -1.60. The van der Waals surface area contributed by atoms with Crippen LogP contribution in [0.15, 0.2) is 23.1 Å². The summed E-state index contributed by atoms with van der Waals surface area (Å²) in [6.07, 6.45) is 4.83. The lowest BCUT2D eigenvalue weighted by Crippen LogP contribution is -2.31. The molecule has 128 valence electrons. The molecule has 0 aliphatic carbocycles. The van der Waals surface area contributed by atoms with Crippen LogP contribution in [0.1, 0.15) is 49.4 Å². The van der Waals surface area contributed by atoms with Gasteiger partial charge in [-0.2, -0.15) is 0 Å². The van der Waals surface area contributed by atoms with E-state index >= 15 is 0 Å². The van der Waals surface area contributed by atoms with E-state index in [1.807, 2.05) is 11.8 Å². The smallest absolute Gasteiger partial charge is 0.337 e. The van der Waals surface area contributed by atoms with Crippen LogP contribution in [0.25, 0.3) is 0 Å². The number of nitrogens with zero attached hydrogens (tertiary/aromatic N) is 1. The largest absolute Gasteiger partial charge is 0.478 e. The van der Waals surface area contributed by atoms with Gasteiger partial charge in [0.2, 0.25) is 10.0 Å². The molecule has 23 heavy (non-hydrogen) atoms. The van der Waals surface area contributed by atoms with E-state index in [9.17, 15) is 18.3 Å². The van der Waals surface area contributed by atoms with E-state index in [1.165, 1.54) is 12.1 Å². The molecule has 0 atom stereocenters. The number of piperidine rings is 1. The summed E-state index contributed by atoms with van der Waals surface area (Å²) in [5, 5.41) is 9.46. The van der Waals surface area contributed by atoms with E-state index in [0.717, 1.165) is 45.2 Å². The number of nitrogens with one attached hydrogen (secondary N) is 1. The molecule has 0 amide bonds. The third-order valence-corrected chi connectivity index (χ3v) is 5.49. The van der Waals surface area contributed by atoms with Crippen LogP contribution < -0.4 is 9.62 Å². The average Bonchev–Trinajstić information content (AvgIpc) is 2.55. The van der Waals surface area contributed by atoms with E-state index in [-0.39, 0.29) is 10.5 Å². The van der Waals surface area contributed by atoms with Crippen LogP contribution in [-0.2, 0) is 10.0 Å². The number of hydrogen-bond acceptors (Lipinski definition) is 4. The van der Waals surface area contributed by atoms with E-state index in [4.69, 9.17) is 0 Å². The molecule has 1 saturated heterocycles. The second-order valence-corrected chi connectivity index (χ2v) is 7.55. The van der Waals surface area contributed by atoms with E-state index in [2.05, 4.69) is 4.72 Å². The lowest BCUT2D eigenvalue weighted by atomic mass is 10.1. The van der Waals surface area contributed by atoms with Crippen molar-refractivity contribution in [3.63, 3.8) is 0 Å². The van der Waals surface area contributed by atoms with Crippen molar-refractivity contribution in [3.05, 3.63) is 23.8 Å². The summed E-state index contributed by atoms with van der Waals surface area (Å²) >= 11 is 0. The van der Waals surface area contributed by atoms with Crippen molar-refractivity contribution < 1.29 is 18.3 Å². The number of carboxylic acid groups (broad SMARTS) is 1. The summed E-state index contributed by atoms with van der Waals surface area (Å²) < 4.78 is 27.0. The van der Waals surface area contributed by atoms with E-state index in [1.54, 1.807) is 6.07 Å². The topological polar surface area (TPSA) is 86.7 Å².